The Morgan fingerprint density at radius 1 is 1.29 bits per heavy atom. The minimum absolute atomic E-state index is 0.0961. The van der Waals surface area contributed by atoms with E-state index < -0.39 is 0 Å². The highest BCUT2D eigenvalue weighted by atomic mass is 16.3. The molecule has 1 amide bonds. The van der Waals surface area contributed by atoms with E-state index in [4.69, 9.17) is 0 Å². The molecule has 1 aromatic carbocycles. The molecule has 2 saturated heterocycles. The maximum absolute atomic E-state index is 12.0. The lowest BCUT2D eigenvalue weighted by atomic mass is 9.69. The fourth-order valence-corrected chi connectivity index (χ4v) is 4.17. The minimum Gasteiger partial charge on any atom is -0.395 e. The molecule has 4 nitrogen and oxygen atoms in total. The van der Waals surface area contributed by atoms with E-state index in [1.165, 1.54) is 5.56 Å². The Kier molecular flexibility index (Phi) is 4.00. The molecule has 0 aromatic heterocycles. The van der Waals surface area contributed by atoms with Crippen LogP contribution in [-0.4, -0.2) is 59.6 Å². The third-order valence-electron chi connectivity index (χ3n) is 5.29. The van der Waals surface area contributed by atoms with Crippen molar-refractivity contribution in [3.05, 3.63) is 35.9 Å². The fraction of sp³-hybridized carbons (Fsp3) is 0.588. The molecule has 4 heteroatoms. The largest absolute Gasteiger partial charge is 0.395 e. The Labute approximate surface area is 126 Å². The average Bonchev–Trinajstić information content (AvgIpc) is 2.89. The molecule has 2 heterocycles. The third-order valence-corrected chi connectivity index (χ3v) is 5.29. The number of nitrogens with zero attached hydrogens (tertiary/aromatic N) is 2. The van der Waals surface area contributed by atoms with Gasteiger partial charge in [0.05, 0.1) is 12.6 Å². The van der Waals surface area contributed by atoms with Crippen molar-refractivity contribution in [1.29, 1.82) is 0 Å². The van der Waals surface area contributed by atoms with Crippen LogP contribution in [0.15, 0.2) is 30.3 Å². The quantitative estimate of drug-likeness (QED) is 0.910. The van der Waals surface area contributed by atoms with Gasteiger partial charge in [-0.2, -0.15) is 0 Å². The van der Waals surface area contributed by atoms with Gasteiger partial charge in [0.25, 0.3) is 0 Å². The number of benzene rings is 1. The number of aliphatic hydroxyl groups excluding tert-OH is 1. The van der Waals surface area contributed by atoms with Crippen molar-refractivity contribution >= 4 is 5.91 Å². The first kappa shape index (κ1) is 14.5. The zero-order chi connectivity index (χ0) is 14.9. The smallest absolute Gasteiger partial charge is 0.219 e. The molecule has 0 spiro atoms. The first-order valence-electron chi connectivity index (χ1n) is 7.83. The molecule has 2 atom stereocenters. The summed E-state index contributed by atoms with van der Waals surface area (Å²) >= 11 is 0. The SMILES string of the molecule is CC(=O)N1CCC2(c3ccccc3)CCN(CCO)CC12. The molecule has 0 radical (unpaired) electrons. The van der Waals surface area contributed by atoms with E-state index in [0.717, 1.165) is 32.5 Å². The summed E-state index contributed by atoms with van der Waals surface area (Å²) in [7, 11) is 0. The summed E-state index contributed by atoms with van der Waals surface area (Å²) in [5.41, 5.74) is 1.46. The Balaban J connectivity index is 1.93. The van der Waals surface area contributed by atoms with Gasteiger partial charge in [0.2, 0.25) is 5.91 Å². The van der Waals surface area contributed by atoms with Gasteiger partial charge in [-0.1, -0.05) is 30.3 Å². The van der Waals surface area contributed by atoms with Crippen LogP contribution in [0.5, 0.6) is 0 Å². The molecule has 1 aromatic rings. The van der Waals surface area contributed by atoms with E-state index in [2.05, 4.69) is 29.2 Å². The highest BCUT2D eigenvalue weighted by Gasteiger charge is 2.51. The van der Waals surface area contributed by atoms with Gasteiger partial charge in [-0.25, -0.2) is 0 Å². The van der Waals surface area contributed by atoms with E-state index in [1.54, 1.807) is 6.92 Å². The molecule has 1 N–H and O–H groups in total. The number of piperidine rings is 1. The van der Waals surface area contributed by atoms with Gasteiger partial charge in [0, 0.05) is 32.0 Å². The maximum atomic E-state index is 12.0. The summed E-state index contributed by atoms with van der Waals surface area (Å²) < 4.78 is 0. The second-order valence-electron chi connectivity index (χ2n) is 6.27. The fourth-order valence-electron chi connectivity index (χ4n) is 4.17. The molecule has 114 valence electrons. The Hall–Kier alpha value is -1.39. The van der Waals surface area contributed by atoms with Crippen LogP contribution in [0.2, 0.25) is 0 Å². The van der Waals surface area contributed by atoms with E-state index in [0.29, 0.717) is 6.54 Å². The van der Waals surface area contributed by atoms with Crippen molar-refractivity contribution in [3.63, 3.8) is 0 Å². The Morgan fingerprint density at radius 2 is 2.00 bits per heavy atom. The topological polar surface area (TPSA) is 43.8 Å². The van der Waals surface area contributed by atoms with E-state index >= 15 is 0 Å². The van der Waals surface area contributed by atoms with Gasteiger partial charge in [0.15, 0.2) is 0 Å². The van der Waals surface area contributed by atoms with E-state index in [9.17, 15) is 9.90 Å². The first-order valence-corrected chi connectivity index (χ1v) is 7.83. The number of fused-ring (bicyclic) bond motifs is 1. The lowest BCUT2D eigenvalue weighted by Gasteiger charge is -2.46. The van der Waals surface area contributed by atoms with Crippen molar-refractivity contribution < 1.29 is 9.90 Å². The van der Waals surface area contributed by atoms with Gasteiger partial charge in [0.1, 0.15) is 0 Å². The first-order chi connectivity index (χ1) is 10.2. The van der Waals surface area contributed by atoms with Gasteiger partial charge >= 0.3 is 0 Å². The minimum atomic E-state index is 0.0961. The van der Waals surface area contributed by atoms with Crippen molar-refractivity contribution in [2.75, 3.05) is 32.8 Å². The van der Waals surface area contributed by atoms with Crippen LogP contribution >= 0.6 is 0 Å². The molecule has 0 saturated carbocycles. The van der Waals surface area contributed by atoms with Crippen molar-refractivity contribution in [2.24, 2.45) is 0 Å². The predicted molar refractivity (Wildman–Crippen MR) is 82.1 cm³/mol. The lowest BCUT2D eigenvalue weighted by molar-refractivity contribution is -0.131. The number of hydrogen-bond donors (Lipinski definition) is 1. The Bertz CT molecular complexity index is 505. The van der Waals surface area contributed by atoms with Gasteiger partial charge < -0.3 is 10.0 Å². The number of carbonyl (C=O) groups is 1. The van der Waals surface area contributed by atoms with Crippen LogP contribution in [0.25, 0.3) is 0 Å². The number of carbonyl (C=O) groups excluding carboxylic acids is 1. The summed E-state index contributed by atoms with van der Waals surface area (Å²) in [6, 6.07) is 10.9. The summed E-state index contributed by atoms with van der Waals surface area (Å²) in [5.74, 6) is 0.170. The summed E-state index contributed by atoms with van der Waals surface area (Å²) in [5, 5.41) is 9.19. The highest BCUT2D eigenvalue weighted by molar-refractivity contribution is 5.74. The van der Waals surface area contributed by atoms with Crippen LogP contribution in [0, 0.1) is 0 Å². The number of likely N-dealkylation sites (tertiary alicyclic amines) is 2. The normalized spacial score (nSPS) is 29.4. The number of β-amino-alcohol motifs (C(OH)–C–C–N with tert-alkyl or cyclic N) is 1. The van der Waals surface area contributed by atoms with Gasteiger partial charge in [-0.15, -0.1) is 0 Å². The van der Waals surface area contributed by atoms with Gasteiger partial charge in [-0.3, -0.25) is 9.69 Å². The van der Waals surface area contributed by atoms with Crippen LogP contribution in [0.1, 0.15) is 25.3 Å². The Morgan fingerprint density at radius 3 is 2.67 bits per heavy atom. The van der Waals surface area contributed by atoms with Crippen LogP contribution in [0.4, 0.5) is 0 Å². The molecule has 2 aliphatic heterocycles. The molecular formula is C17H24N2O2. The number of aliphatic hydroxyl groups is 1. The number of rotatable bonds is 3. The maximum Gasteiger partial charge on any atom is 0.219 e. The lowest BCUT2D eigenvalue weighted by Crippen LogP contribution is -2.56. The van der Waals surface area contributed by atoms with Gasteiger partial charge in [-0.05, 0) is 24.9 Å². The average molecular weight is 288 g/mol. The second kappa shape index (κ2) is 5.78. The summed E-state index contributed by atoms with van der Waals surface area (Å²) in [6.45, 7) is 5.28. The molecule has 0 aliphatic carbocycles. The standard InChI is InChI=1S/C17H24N2O2/c1-14(21)19-10-8-17(15-5-3-2-4-6-15)7-9-18(11-12-20)13-16(17)19/h2-6,16,20H,7-13H2,1H3. The van der Waals surface area contributed by atoms with E-state index in [-0.39, 0.29) is 24.0 Å². The molecule has 3 rings (SSSR count). The highest BCUT2D eigenvalue weighted by Crippen LogP contribution is 2.45. The zero-order valence-corrected chi connectivity index (χ0v) is 12.7. The van der Waals surface area contributed by atoms with E-state index in [1.807, 2.05) is 11.0 Å². The molecule has 2 fully saturated rings. The van der Waals surface area contributed by atoms with Crippen LogP contribution < -0.4 is 0 Å². The molecule has 0 bridgehead atoms. The molecular weight excluding hydrogens is 264 g/mol. The zero-order valence-electron chi connectivity index (χ0n) is 12.7. The molecule has 2 unspecified atom stereocenters. The summed E-state index contributed by atoms with van der Waals surface area (Å²) in [4.78, 5) is 16.3. The van der Waals surface area contributed by atoms with Crippen molar-refractivity contribution in [3.8, 4) is 0 Å². The number of hydrogen-bond acceptors (Lipinski definition) is 3. The molecule has 2 aliphatic rings. The molecule has 21 heavy (non-hydrogen) atoms. The van der Waals surface area contributed by atoms with Crippen LogP contribution in [-0.2, 0) is 10.2 Å². The third kappa shape index (κ3) is 2.47. The second-order valence-corrected chi connectivity index (χ2v) is 6.27. The number of amides is 1. The van der Waals surface area contributed by atoms with Crippen LogP contribution in [0.3, 0.4) is 0 Å². The predicted octanol–water partition coefficient (Wildman–Crippen LogP) is 1.24. The summed E-state index contributed by atoms with van der Waals surface area (Å²) in [6.07, 6.45) is 2.11. The van der Waals surface area contributed by atoms with Crippen molar-refractivity contribution in [1.82, 2.24) is 9.80 Å². The monoisotopic (exact) mass is 288 g/mol. The van der Waals surface area contributed by atoms with Crippen molar-refractivity contribution in [2.45, 2.75) is 31.2 Å².